The van der Waals surface area contributed by atoms with Gasteiger partial charge in [0.25, 0.3) is 0 Å². The summed E-state index contributed by atoms with van der Waals surface area (Å²) in [6.45, 7) is 1.59. The van der Waals surface area contributed by atoms with E-state index in [9.17, 15) is 0 Å². The molecule has 0 saturated carbocycles. The van der Waals surface area contributed by atoms with Crippen LogP contribution in [0.5, 0.6) is 0 Å². The fourth-order valence-corrected chi connectivity index (χ4v) is 1.37. The Morgan fingerprint density at radius 2 is 2.29 bits per heavy atom. The molecular weight excluding hydrogens is 200 g/mol. The highest BCUT2D eigenvalue weighted by atomic mass is 35.5. The molecule has 0 aliphatic rings. The van der Waals surface area contributed by atoms with E-state index >= 15 is 0 Å². The Balaban J connectivity index is 2.42. The summed E-state index contributed by atoms with van der Waals surface area (Å²) in [5.41, 5.74) is 7.16. The van der Waals surface area contributed by atoms with Crippen molar-refractivity contribution in [1.82, 2.24) is 0 Å². The fourth-order valence-electron chi connectivity index (χ4n) is 1.11. The molecule has 3 nitrogen and oxygen atoms in total. The normalized spacial score (nSPS) is 10.1. The quantitative estimate of drug-likeness (QED) is 0.585. The van der Waals surface area contributed by atoms with Crippen LogP contribution in [0.25, 0.3) is 0 Å². The smallest absolute Gasteiger partial charge is 0.0657 e. The van der Waals surface area contributed by atoms with Crippen LogP contribution in [0.1, 0.15) is 6.42 Å². The van der Waals surface area contributed by atoms with Crippen molar-refractivity contribution < 1.29 is 4.74 Å². The molecule has 0 spiro atoms. The van der Waals surface area contributed by atoms with Gasteiger partial charge < -0.3 is 15.8 Å². The summed E-state index contributed by atoms with van der Waals surface area (Å²) in [6.07, 6.45) is 0.956. The van der Waals surface area contributed by atoms with Crippen molar-refractivity contribution in [3.05, 3.63) is 23.2 Å². The number of ether oxygens (including phenoxy) is 1. The first kappa shape index (κ1) is 11.1. The van der Waals surface area contributed by atoms with Gasteiger partial charge in [-0.25, -0.2) is 0 Å². The second kappa shape index (κ2) is 5.73. The molecule has 0 saturated heterocycles. The molecule has 0 aliphatic heterocycles. The van der Waals surface area contributed by atoms with Crippen molar-refractivity contribution in [1.29, 1.82) is 0 Å². The third kappa shape index (κ3) is 3.44. The van der Waals surface area contributed by atoms with Gasteiger partial charge in [0.1, 0.15) is 0 Å². The van der Waals surface area contributed by atoms with E-state index in [2.05, 4.69) is 5.32 Å². The van der Waals surface area contributed by atoms with Gasteiger partial charge in [0.2, 0.25) is 0 Å². The number of rotatable bonds is 5. The number of nitrogens with two attached hydrogens (primary N) is 1. The molecule has 1 aromatic carbocycles. The number of hydrogen-bond donors (Lipinski definition) is 2. The minimum atomic E-state index is 0.655. The topological polar surface area (TPSA) is 47.3 Å². The standard InChI is InChI=1S/C10H15ClN2O/c1-14-6-2-5-13-10-4-3-8(12)7-9(10)11/h3-4,7,13H,2,5-6,12H2,1H3. The molecule has 78 valence electrons. The highest BCUT2D eigenvalue weighted by Gasteiger charge is 1.98. The van der Waals surface area contributed by atoms with Gasteiger partial charge in [0.15, 0.2) is 0 Å². The molecule has 1 rings (SSSR count). The first-order chi connectivity index (χ1) is 6.74. The zero-order valence-corrected chi connectivity index (χ0v) is 8.97. The Kier molecular flexibility index (Phi) is 4.56. The van der Waals surface area contributed by atoms with E-state index < -0.39 is 0 Å². The zero-order chi connectivity index (χ0) is 10.4. The van der Waals surface area contributed by atoms with Crippen LogP contribution in [0.15, 0.2) is 18.2 Å². The first-order valence-corrected chi connectivity index (χ1v) is 4.89. The van der Waals surface area contributed by atoms with E-state index in [1.807, 2.05) is 12.1 Å². The summed E-state index contributed by atoms with van der Waals surface area (Å²) in [4.78, 5) is 0. The third-order valence-electron chi connectivity index (χ3n) is 1.83. The van der Waals surface area contributed by atoms with Gasteiger partial charge in [-0.3, -0.25) is 0 Å². The van der Waals surface area contributed by atoms with E-state index in [-0.39, 0.29) is 0 Å². The van der Waals surface area contributed by atoms with E-state index in [1.165, 1.54) is 0 Å². The van der Waals surface area contributed by atoms with E-state index in [1.54, 1.807) is 13.2 Å². The highest BCUT2D eigenvalue weighted by molar-refractivity contribution is 6.33. The summed E-state index contributed by atoms with van der Waals surface area (Å²) >= 11 is 5.97. The van der Waals surface area contributed by atoms with Crippen molar-refractivity contribution >= 4 is 23.0 Å². The number of benzene rings is 1. The second-order valence-corrected chi connectivity index (χ2v) is 3.42. The molecule has 3 N–H and O–H groups in total. The van der Waals surface area contributed by atoms with Crippen LogP contribution in [0.3, 0.4) is 0 Å². The molecular formula is C10H15ClN2O. The SMILES string of the molecule is COCCCNc1ccc(N)cc1Cl. The largest absolute Gasteiger partial charge is 0.399 e. The summed E-state index contributed by atoms with van der Waals surface area (Å²) in [5, 5.41) is 3.86. The number of nitrogens with one attached hydrogen (secondary N) is 1. The Labute approximate surface area is 89.2 Å². The van der Waals surface area contributed by atoms with Crippen molar-refractivity contribution in [2.45, 2.75) is 6.42 Å². The van der Waals surface area contributed by atoms with Crippen LogP contribution in [0.2, 0.25) is 5.02 Å². The molecule has 0 radical (unpaired) electrons. The number of halogens is 1. The summed E-state index contributed by atoms with van der Waals surface area (Å²) in [5.74, 6) is 0. The third-order valence-corrected chi connectivity index (χ3v) is 2.15. The van der Waals surface area contributed by atoms with Crippen LogP contribution in [0.4, 0.5) is 11.4 Å². The van der Waals surface area contributed by atoms with Gasteiger partial charge in [0, 0.05) is 25.9 Å². The van der Waals surface area contributed by atoms with Crippen LogP contribution in [-0.4, -0.2) is 20.3 Å². The predicted octanol–water partition coefficient (Wildman–Crippen LogP) is 2.37. The Hall–Kier alpha value is -0.930. The lowest BCUT2D eigenvalue weighted by Gasteiger charge is -2.08. The lowest BCUT2D eigenvalue weighted by atomic mass is 10.3. The van der Waals surface area contributed by atoms with Gasteiger partial charge in [-0.15, -0.1) is 0 Å². The summed E-state index contributed by atoms with van der Waals surface area (Å²) in [7, 11) is 1.69. The average Bonchev–Trinajstić information content (AvgIpc) is 2.15. The summed E-state index contributed by atoms with van der Waals surface area (Å²) in [6, 6.07) is 5.44. The monoisotopic (exact) mass is 214 g/mol. The average molecular weight is 215 g/mol. The Morgan fingerprint density at radius 1 is 1.50 bits per heavy atom. The minimum Gasteiger partial charge on any atom is -0.399 e. The van der Waals surface area contributed by atoms with Crippen molar-refractivity contribution in [2.75, 3.05) is 31.3 Å². The molecule has 0 aromatic heterocycles. The molecule has 0 atom stereocenters. The van der Waals surface area contributed by atoms with Crippen LogP contribution in [-0.2, 0) is 4.74 Å². The van der Waals surface area contributed by atoms with Gasteiger partial charge in [-0.2, -0.15) is 0 Å². The van der Waals surface area contributed by atoms with Crippen molar-refractivity contribution in [2.24, 2.45) is 0 Å². The Bertz CT molecular complexity index is 291. The minimum absolute atomic E-state index is 0.655. The van der Waals surface area contributed by atoms with Crippen LogP contribution >= 0.6 is 11.6 Å². The second-order valence-electron chi connectivity index (χ2n) is 3.01. The lowest BCUT2D eigenvalue weighted by molar-refractivity contribution is 0.198. The van der Waals surface area contributed by atoms with Gasteiger partial charge in [0.05, 0.1) is 10.7 Å². The Morgan fingerprint density at radius 3 is 2.93 bits per heavy atom. The van der Waals surface area contributed by atoms with Crippen molar-refractivity contribution in [3.8, 4) is 0 Å². The molecule has 1 aromatic rings. The molecule has 0 aliphatic carbocycles. The summed E-state index contributed by atoms with van der Waals surface area (Å²) < 4.78 is 4.94. The van der Waals surface area contributed by atoms with Gasteiger partial charge >= 0.3 is 0 Å². The van der Waals surface area contributed by atoms with Gasteiger partial charge in [-0.1, -0.05) is 11.6 Å². The maximum absolute atomic E-state index is 5.97. The molecule has 0 heterocycles. The molecule has 0 fully saturated rings. The highest BCUT2D eigenvalue weighted by Crippen LogP contribution is 2.23. The van der Waals surface area contributed by atoms with Crippen molar-refractivity contribution in [3.63, 3.8) is 0 Å². The van der Waals surface area contributed by atoms with E-state index in [0.717, 1.165) is 25.3 Å². The predicted molar refractivity (Wildman–Crippen MR) is 60.8 cm³/mol. The molecule has 14 heavy (non-hydrogen) atoms. The first-order valence-electron chi connectivity index (χ1n) is 4.52. The van der Waals surface area contributed by atoms with E-state index in [4.69, 9.17) is 22.1 Å². The van der Waals surface area contributed by atoms with Crippen LogP contribution in [0, 0.1) is 0 Å². The maximum atomic E-state index is 5.97. The molecule has 4 heteroatoms. The molecule has 0 unspecified atom stereocenters. The van der Waals surface area contributed by atoms with Gasteiger partial charge in [-0.05, 0) is 24.6 Å². The fraction of sp³-hybridized carbons (Fsp3) is 0.400. The zero-order valence-electron chi connectivity index (χ0n) is 8.22. The molecule has 0 bridgehead atoms. The number of nitrogen functional groups attached to an aromatic ring is 1. The maximum Gasteiger partial charge on any atom is 0.0657 e. The number of methoxy groups -OCH3 is 1. The molecule has 0 amide bonds. The van der Waals surface area contributed by atoms with Crippen LogP contribution < -0.4 is 11.1 Å². The number of hydrogen-bond acceptors (Lipinski definition) is 3. The lowest BCUT2D eigenvalue weighted by Crippen LogP contribution is -2.05. The van der Waals surface area contributed by atoms with E-state index in [0.29, 0.717) is 10.7 Å². The number of anilines is 2.